The van der Waals surface area contributed by atoms with E-state index >= 15 is 0 Å². The van der Waals surface area contributed by atoms with Crippen molar-refractivity contribution in [3.63, 3.8) is 0 Å². The van der Waals surface area contributed by atoms with Gasteiger partial charge in [-0.3, -0.25) is 4.79 Å². The molecular formula is C15H12BrF2NO. The van der Waals surface area contributed by atoms with Crippen LogP contribution in [-0.4, -0.2) is 29.8 Å². The van der Waals surface area contributed by atoms with Crippen LogP contribution >= 0.6 is 15.9 Å². The molecule has 0 atom stereocenters. The number of carbonyl (C=O) groups excluding carboxylic acids is 1. The summed E-state index contributed by atoms with van der Waals surface area (Å²) in [6, 6.07) is 11.0. The van der Waals surface area contributed by atoms with Gasteiger partial charge in [-0.15, -0.1) is 0 Å². The zero-order chi connectivity index (χ0) is 14.3. The Morgan fingerprint density at radius 1 is 1.20 bits per heavy atom. The lowest BCUT2D eigenvalue weighted by molar-refractivity contribution is 0.0120. The Labute approximate surface area is 123 Å². The van der Waals surface area contributed by atoms with Gasteiger partial charge in [0, 0.05) is 28.4 Å². The van der Waals surface area contributed by atoms with Crippen LogP contribution < -0.4 is 0 Å². The van der Waals surface area contributed by atoms with Crippen molar-refractivity contribution < 1.29 is 13.6 Å². The summed E-state index contributed by atoms with van der Waals surface area (Å²) in [6.07, 6.45) is -0.259. The molecule has 2 aromatic rings. The Balaban J connectivity index is 2.05. The number of benzene rings is 2. The Kier molecular flexibility index (Phi) is 3.24. The van der Waals surface area contributed by atoms with Crippen molar-refractivity contribution in [3.8, 4) is 0 Å². The molecule has 1 amide bonds. The Morgan fingerprint density at radius 2 is 1.90 bits per heavy atom. The van der Waals surface area contributed by atoms with Crippen LogP contribution in [0.15, 0.2) is 40.9 Å². The molecule has 5 heteroatoms. The number of hydrogen-bond acceptors (Lipinski definition) is 1. The molecule has 1 aliphatic rings. The number of rotatable bonds is 1. The molecule has 0 bridgehead atoms. The molecule has 104 valence electrons. The summed E-state index contributed by atoms with van der Waals surface area (Å²) in [5, 5.41) is 1.69. The molecule has 20 heavy (non-hydrogen) atoms. The number of amides is 1. The largest absolute Gasteiger partial charge is 0.332 e. The molecule has 0 spiro atoms. The van der Waals surface area contributed by atoms with E-state index in [1.54, 1.807) is 12.1 Å². The zero-order valence-electron chi connectivity index (χ0n) is 10.6. The summed E-state index contributed by atoms with van der Waals surface area (Å²) in [6.45, 7) is -0.390. The van der Waals surface area contributed by atoms with Crippen LogP contribution in [0.2, 0.25) is 0 Å². The second-order valence-corrected chi connectivity index (χ2v) is 5.83. The maximum Gasteiger partial charge on any atom is 0.267 e. The molecule has 1 saturated heterocycles. The highest BCUT2D eigenvalue weighted by Gasteiger charge is 2.40. The van der Waals surface area contributed by atoms with Crippen molar-refractivity contribution in [2.75, 3.05) is 13.1 Å². The van der Waals surface area contributed by atoms with Crippen molar-refractivity contribution in [2.24, 2.45) is 0 Å². The van der Waals surface area contributed by atoms with Crippen LogP contribution in [0.1, 0.15) is 16.8 Å². The topological polar surface area (TPSA) is 20.3 Å². The standard InChI is InChI=1S/C15H12BrF2NO/c16-12-6-2-4-10-3-1-5-11(13(10)12)14(20)19-8-7-15(17,18)9-19/h1-6H,7-9H2. The van der Waals surface area contributed by atoms with Crippen molar-refractivity contribution in [3.05, 3.63) is 46.4 Å². The van der Waals surface area contributed by atoms with Crippen molar-refractivity contribution >= 4 is 32.6 Å². The summed E-state index contributed by atoms with van der Waals surface area (Å²) in [5.41, 5.74) is 0.465. The van der Waals surface area contributed by atoms with E-state index < -0.39 is 12.5 Å². The molecule has 1 aliphatic heterocycles. The first-order chi connectivity index (χ1) is 9.48. The fourth-order valence-electron chi connectivity index (χ4n) is 2.55. The van der Waals surface area contributed by atoms with Gasteiger partial charge in [0.05, 0.1) is 6.54 Å². The van der Waals surface area contributed by atoms with E-state index in [9.17, 15) is 13.6 Å². The molecule has 0 saturated carbocycles. The second-order valence-electron chi connectivity index (χ2n) is 4.98. The van der Waals surface area contributed by atoms with Gasteiger partial charge in [0.2, 0.25) is 0 Å². The molecule has 2 nitrogen and oxygen atoms in total. The van der Waals surface area contributed by atoms with Gasteiger partial charge in [0.1, 0.15) is 0 Å². The molecule has 1 fully saturated rings. The normalized spacial score (nSPS) is 17.6. The highest BCUT2D eigenvalue weighted by atomic mass is 79.9. The third-order valence-corrected chi connectivity index (χ3v) is 4.20. The van der Waals surface area contributed by atoms with E-state index in [0.29, 0.717) is 5.56 Å². The lowest BCUT2D eigenvalue weighted by atomic mass is 10.0. The molecule has 0 aromatic heterocycles. The van der Waals surface area contributed by atoms with Gasteiger partial charge in [-0.05, 0) is 17.5 Å². The van der Waals surface area contributed by atoms with Gasteiger partial charge >= 0.3 is 0 Å². The number of likely N-dealkylation sites (tertiary alicyclic amines) is 1. The van der Waals surface area contributed by atoms with Gasteiger partial charge in [-0.25, -0.2) is 8.78 Å². The fourth-order valence-corrected chi connectivity index (χ4v) is 3.15. The van der Waals surface area contributed by atoms with Crippen molar-refractivity contribution in [2.45, 2.75) is 12.3 Å². The molecule has 2 aromatic carbocycles. The zero-order valence-corrected chi connectivity index (χ0v) is 12.2. The second kappa shape index (κ2) is 4.81. The van der Waals surface area contributed by atoms with Gasteiger partial charge in [0.25, 0.3) is 11.8 Å². The molecule has 3 rings (SSSR count). The maximum atomic E-state index is 13.3. The lowest BCUT2D eigenvalue weighted by Crippen LogP contribution is -2.31. The fraction of sp³-hybridized carbons (Fsp3) is 0.267. The van der Waals surface area contributed by atoms with E-state index in [1.807, 2.05) is 24.3 Å². The minimum absolute atomic E-state index is 0.104. The van der Waals surface area contributed by atoms with Crippen LogP contribution in [0.5, 0.6) is 0 Å². The first kappa shape index (κ1) is 13.5. The summed E-state index contributed by atoms with van der Waals surface area (Å²) < 4.78 is 27.3. The number of fused-ring (bicyclic) bond motifs is 1. The Bertz CT molecular complexity index is 681. The van der Waals surface area contributed by atoms with E-state index in [1.165, 1.54) is 4.90 Å². The number of halogens is 3. The average molecular weight is 340 g/mol. The number of nitrogens with zero attached hydrogens (tertiary/aromatic N) is 1. The third kappa shape index (κ3) is 2.30. The minimum Gasteiger partial charge on any atom is -0.332 e. The van der Waals surface area contributed by atoms with Gasteiger partial charge in [-0.2, -0.15) is 0 Å². The summed E-state index contributed by atoms with van der Waals surface area (Å²) in [5.74, 6) is -3.10. The molecule has 0 N–H and O–H groups in total. The van der Waals surface area contributed by atoms with Gasteiger partial charge in [0.15, 0.2) is 0 Å². The number of hydrogen-bond donors (Lipinski definition) is 0. The van der Waals surface area contributed by atoms with Gasteiger partial charge < -0.3 is 4.90 Å². The maximum absolute atomic E-state index is 13.3. The first-order valence-corrected chi connectivity index (χ1v) is 7.12. The SMILES string of the molecule is O=C(c1cccc2cccc(Br)c12)N1CCC(F)(F)C1. The Hall–Kier alpha value is -1.49. The average Bonchev–Trinajstić information content (AvgIpc) is 2.78. The molecule has 0 radical (unpaired) electrons. The minimum atomic E-state index is -2.77. The highest BCUT2D eigenvalue weighted by molar-refractivity contribution is 9.10. The molecule has 0 aliphatic carbocycles. The number of alkyl halides is 2. The predicted molar refractivity (Wildman–Crippen MR) is 77.1 cm³/mol. The molecular weight excluding hydrogens is 328 g/mol. The van der Waals surface area contributed by atoms with Crippen molar-refractivity contribution in [1.29, 1.82) is 0 Å². The smallest absolute Gasteiger partial charge is 0.267 e. The van der Waals surface area contributed by atoms with Crippen LogP contribution in [-0.2, 0) is 0 Å². The summed E-state index contributed by atoms with van der Waals surface area (Å²) >= 11 is 3.43. The third-order valence-electron chi connectivity index (χ3n) is 3.54. The van der Waals surface area contributed by atoms with E-state index in [0.717, 1.165) is 15.2 Å². The van der Waals surface area contributed by atoms with Crippen LogP contribution in [0.25, 0.3) is 10.8 Å². The van der Waals surface area contributed by atoms with E-state index in [2.05, 4.69) is 15.9 Å². The van der Waals surface area contributed by atoms with Crippen LogP contribution in [0.4, 0.5) is 8.78 Å². The van der Waals surface area contributed by atoms with E-state index in [-0.39, 0.29) is 18.9 Å². The highest BCUT2D eigenvalue weighted by Crippen LogP contribution is 2.31. The first-order valence-electron chi connectivity index (χ1n) is 6.32. The number of carbonyl (C=O) groups is 1. The van der Waals surface area contributed by atoms with Crippen molar-refractivity contribution in [1.82, 2.24) is 4.90 Å². The van der Waals surface area contributed by atoms with Gasteiger partial charge in [-0.1, -0.05) is 40.2 Å². The molecule has 0 unspecified atom stereocenters. The summed E-state index contributed by atoms with van der Waals surface area (Å²) in [7, 11) is 0. The Morgan fingerprint density at radius 3 is 2.55 bits per heavy atom. The quantitative estimate of drug-likeness (QED) is 0.766. The predicted octanol–water partition coefficient (Wildman–Crippen LogP) is 4.08. The van der Waals surface area contributed by atoms with Crippen LogP contribution in [0.3, 0.4) is 0 Å². The van der Waals surface area contributed by atoms with E-state index in [4.69, 9.17) is 0 Å². The summed E-state index contributed by atoms with van der Waals surface area (Å²) in [4.78, 5) is 13.7. The molecule has 1 heterocycles. The van der Waals surface area contributed by atoms with Crippen LogP contribution in [0, 0.1) is 0 Å². The lowest BCUT2D eigenvalue weighted by Gasteiger charge is -2.17. The monoisotopic (exact) mass is 339 g/mol.